The summed E-state index contributed by atoms with van der Waals surface area (Å²) >= 11 is 0. The maximum Gasteiger partial charge on any atom is 0.332 e. The molecule has 3 aromatic carbocycles. The van der Waals surface area contributed by atoms with Crippen molar-refractivity contribution in [2.24, 2.45) is 5.92 Å². The Morgan fingerprint density at radius 2 is 1.42 bits per heavy atom. The first kappa shape index (κ1) is 39.2. The zero-order chi connectivity index (χ0) is 36.0. The number of rotatable bonds is 23. The monoisotopic (exact) mass is 684 g/mol. The largest absolute Gasteiger partial charge is 0.489 e. The molecule has 0 spiro atoms. The SMILES string of the molecule is C=CCCCCC(=O)OCC(NC(=O)C(CC=C)CC(=O)NC(CO)Cc1ccc(OCc2ccccc2)cc1)C(=O)OCc1ccccc1. The number of amides is 2. The summed E-state index contributed by atoms with van der Waals surface area (Å²) in [5, 5.41) is 15.4. The lowest BCUT2D eigenvalue weighted by atomic mass is 9.98. The van der Waals surface area contributed by atoms with Crippen LogP contribution in [0, 0.1) is 5.92 Å². The average Bonchev–Trinajstić information content (AvgIpc) is 3.14. The first-order chi connectivity index (χ1) is 24.3. The molecule has 2 amide bonds. The van der Waals surface area contributed by atoms with Gasteiger partial charge in [0.1, 0.15) is 25.6 Å². The third-order valence-corrected chi connectivity index (χ3v) is 7.77. The number of hydrogen-bond acceptors (Lipinski definition) is 8. The maximum absolute atomic E-state index is 13.4. The molecule has 0 aliphatic rings. The summed E-state index contributed by atoms with van der Waals surface area (Å²) in [6, 6.07) is 24.4. The van der Waals surface area contributed by atoms with E-state index in [1.54, 1.807) is 18.2 Å². The smallest absolute Gasteiger partial charge is 0.332 e. The fourth-order valence-corrected chi connectivity index (χ4v) is 5.00. The van der Waals surface area contributed by atoms with Gasteiger partial charge >= 0.3 is 11.9 Å². The van der Waals surface area contributed by atoms with E-state index in [0.29, 0.717) is 25.2 Å². The van der Waals surface area contributed by atoms with Crippen LogP contribution in [0.25, 0.3) is 0 Å². The number of aliphatic hydroxyl groups is 1. The molecule has 266 valence electrons. The quantitative estimate of drug-likeness (QED) is 0.0687. The molecule has 3 aromatic rings. The molecule has 3 atom stereocenters. The number of unbranched alkanes of at least 4 members (excludes halogenated alkanes) is 2. The first-order valence-electron chi connectivity index (χ1n) is 16.9. The lowest BCUT2D eigenvalue weighted by molar-refractivity contribution is -0.155. The van der Waals surface area contributed by atoms with Crippen LogP contribution in [-0.2, 0) is 48.3 Å². The normalized spacial score (nSPS) is 12.4. The van der Waals surface area contributed by atoms with E-state index in [2.05, 4.69) is 23.8 Å². The number of hydrogen-bond donors (Lipinski definition) is 3. The predicted octanol–water partition coefficient (Wildman–Crippen LogP) is 5.39. The van der Waals surface area contributed by atoms with Crippen molar-refractivity contribution in [2.75, 3.05) is 13.2 Å². The fourth-order valence-electron chi connectivity index (χ4n) is 5.00. The summed E-state index contributed by atoms with van der Waals surface area (Å²) in [4.78, 5) is 51.9. The van der Waals surface area contributed by atoms with Crippen LogP contribution in [0.2, 0.25) is 0 Å². The number of carbonyl (C=O) groups is 4. The van der Waals surface area contributed by atoms with Gasteiger partial charge in [0, 0.05) is 12.8 Å². The summed E-state index contributed by atoms with van der Waals surface area (Å²) in [5.74, 6) is -2.53. The van der Waals surface area contributed by atoms with E-state index in [0.717, 1.165) is 29.5 Å². The minimum absolute atomic E-state index is 0.0357. The molecule has 0 bridgehead atoms. The Bertz CT molecular complexity index is 1490. The van der Waals surface area contributed by atoms with Gasteiger partial charge in [-0.2, -0.15) is 0 Å². The van der Waals surface area contributed by atoms with Crippen molar-refractivity contribution in [3.8, 4) is 5.75 Å². The molecular formula is C40H48N2O8. The summed E-state index contributed by atoms with van der Waals surface area (Å²) in [6.45, 7) is 7.04. The fraction of sp³-hybridized carbons (Fsp3) is 0.350. The van der Waals surface area contributed by atoms with Gasteiger partial charge in [0.15, 0.2) is 6.04 Å². The van der Waals surface area contributed by atoms with Crippen LogP contribution in [0.4, 0.5) is 0 Å². The summed E-state index contributed by atoms with van der Waals surface area (Å²) < 4.78 is 16.6. The van der Waals surface area contributed by atoms with Crippen LogP contribution < -0.4 is 15.4 Å². The standard InChI is InChI=1S/C40H48N2O8/c1-3-5-6-13-19-38(45)49-29-36(40(47)50-28-32-17-11-8-12-18-32)42-39(46)33(14-4-2)25-37(44)41-34(26-43)24-30-20-22-35(23-21-30)48-27-31-15-9-7-10-16-31/h3-4,7-12,15-18,20-23,33-34,36,43H,1-2,5-6,13-14,19,24-29H2,(H,41,44)(H,42,46). The number of aliphatic hydroxyl groups excluding tert-OH is 1. The van der Waals surface area contributed by atoms with Crippen molar-refractivity contribution in [1.29, 1.82) is 0 Å². The second-order valence-electron chi connectivity index (χ2n) is 11.9. The zero-order valence-electron chi connectivity index (χ0n) is 28.5. The van der Waals surface area contributed by atoms with E-state index in [4.69, 9.17) is 14.2 Å². The van der Waals surface area contributed by atoms with Crippen molar-refractivity contribution in [3.05, 3.63) is 127 Å². The van der Waals surface area contributed by atoms with Gasteiger partial charge in [0.2, 0.25) is 11.8 Å². The predicted molar refractivity (Wildman–Crippen MR) is 191 cm³/mol. The van der Waals surface area contributed by atoms with Crippen molar-refractivity contribution in [1.82, 2.24) is 10.6 Å². The molecular weight excluding hydrogens is 636 g/mol. The van der Waals surface area contributed by atoms with Crippen molar-refractivity contribution in [3.63, 3.8) is 0 Å². The molecule has 10 nitrogen and oxygen atoms in total. The number of nitrogens with one attached hydrogen (secondary N) is 2. The Kier molecular flexibility index (Phi) is 17.6. The third-order valence-electron chi connectivity index (χ3n) is 7.77. The third kappa shape index (κ3) is 14.9. The number of allylic oxidation sites excluding steroid dienone is 2. The van der Waals surface area contributed by atoms with Crippen molar-refractivity contribution >= 4 is 23.8 Å². The lowest BCUT2D eigenvalue weighted by Crippen LogP contribution is -2.48. The topological polar surface area (TPSA) is 140 Å². The molecule has 0 aliphatic carbocycles. The summed E-state index contributed by atoms with van der Waals surface area (Å²) in [5.41, 5.74) is 2.68. The van der Waals surface area contributed by atoms with E-state index in [-0.39, 0.29) is 32.5 Å². The van der Waals surface area contributed by atoms with E-state index in [1.807, 2.05) is 72.8 Å². The van der Waals surface area contributed by atoms with Crippen LogP contribution in [-0.4, -0.2) is 54.2 Å². The van der Waals surface area contributed by atoms with Gasteiger partial charge in [-0.3, -0.25) is 14.4 Å². The Morgan fingerprint density at radius 3 is 2.04 bits per heavy atom. The van der Waals surface area contributed by atoms with Crippen LogP contribution in [0.3, 0.4) is 0 Å². The van der Waals surface area contributed by atoms with Crippen molar-refractivity contribution < 1.29 is 38.5 Å². The van der Waals surface area contributed by atoms with Gasteiger partial charge in [-0.05, 0) is 60.9 Å². The van der Waals surface area contributed by atoms with Crippen LogP contribution >= 0.6 is 0 Å². The molecule has 0 aliphatic heterocycles. The highest BCUT2D eigenvalue weighted by molar-refractivity contribution is 5.89. The van der Waals surface area contributed by atoms with E-state index >= 15 is 0 Å². The molecule has 0 fully saturated rings. The molecule has 10 heteroatoms. The Morgan fingerprint density at radius 1 is 0.760 bits per heavy atom. The summed E-state index contributed by atoms with van der Waals surface area (Å²) in [7, 11) is 0. The second kappa shape index (κ2) is 22.4. The zero-order valence-corrected chi connectivity index (χ0v) is 28.5. The van der Waals surface area contributed by atoms with E-state index < -0.39 is 48.4 Å². The molecule has 0 saturated heterocycles. The van der Waals surface area contributed by atoms with Gasteiger partial charge in [0.25, 0.3) is 0 Å². The molecule has 3 rings (SSSR count). The maximum atomic E-state index is 13.4. The van der Waals surface area contributed by atoms with Gasteiger partial charge < -0.3 is 30.0 Å². The Labute approximate surface area is 294 Å². The minimum Gasteiger partial charge on any atom is -0.489 e. The second-order valence-corrected chi connectivity index (χ2v) is 11.9. The highest BCUT2D eigenvalue weighted by atomic mass is 16.6. The Balaban J connectivity index is 1.56. The van der Waals surface area contributed by atoms with Gasteiger partial charge in [-0.15, -0.1) is 13.2 Å². The number of carbonyl (C=O) groups excluding carboxylic acids is 4. The highest BCUT2D eigenvalue weighted by Crippen LogP contribution is 2.16. The highest BCUT2D eigenvalue weighted by Gasteiger charge is 2.29. The van der Waals surface area contributed by atoms with Crippen LogP contribution in [0.15, 0.2) is 110 Å². The number of esters is 2. The first-order valence-corrected chi connectivity index (χ1v) is 16.9. The summed E-state index contributed by atoms with van der Waals surface area (Å²) in [6.07, 6.45) is 5.85. The molecule has 0 radical (unpaired) electrons. The molecule has 0 heterocycles. The Hall–Kier alpha value is -5.22. The lowest BCUT2D eigenvalue weighted by Gasteiger charge is -2.22. The van der Waals surface area contributed by atoms with Gasteiger partial charge in [-0.1, -0.05) is 84.9 Å². The number of ether oxygens (including phenoxy) is 3. The molecule has 0 saturated carbocycles. The average molecular weight is 685 g/mol. The number of benzene rings is 3. The minimum atomic E-state index is -1.29. The van der Waals surface area contributed by atoms with Crippen LogP contribution in [0.5, 0.6) is 5.75 Å². The molecule has 50 heavy (non-hydrogen) atoms. The van der Waals surface area contributed by atoms with E-state index in [1.165, 1.54) is 6.08 Å². The molecule has 3 N–H and O–H groups in total. The van der Waals surface area contributed by atoms with Gasteiger partial charge in [0.05, 0.1) is 18.6 Å². The van der Waals surface area contributed by atoms with Crippen LogP contribution in [0.1, 0.15) is 55.2 Å². The van der Waals surface area contributed by atoms with Crippen molar-refractivity contribution in [2.45, 2.75) is 70.2 Å². The van der Waals surface area contributed by atoms with E-state index in [9.17, 15) is 24.3 Å². The molecule has 0 aromatic heterocycles. The van der Waals surface area contributed by atoms with Gasteiger partial charge in [-0.25, -0.2) is 4.79 Å². The molecule has 3 unspecified atom stereocenters.